The van der Waals surface area contributed by atoms with Crippen molar-refractivity contribution in [2.45, 2.75) is 43.2 Å². The molecule has 1 N–H and O–H groups in total. The zero-order valence-electron chi connectivity index (χ0n) is 11.9. The van der Waals surface area contributed by atoms with Crippen LogP contribution in [0.15, 0.2) is 23.1 Å². The average molecular weight is 312 g/mol. The molecule has 0 saturated carbocycles. The number of nitrogens with zero attached hydrogens (tertiary/aromatic N) is 1. The highest BCUT2D eigenvalue weighted by Gasteiger charge is 2.31. The summed E-state index contributed by atoms with van der Waals surface area (Å²) in [6, 6.07) is 4.58. The Balaban J connectivity index is 2.21. The summed E-state index contributed by atoms with van der Waals surface area (Å²) in [5.74, 6) is -0.733. The molecule has 21 heavy (non-hydrogen) atoms. The van der Waals surface area contributed by atoms with Gasteiger partial charge in [-0.2, -0.15) is 5.26 Å². The number of sulfonamides is 1. The van der Waals surface area contributed by atoms with E-state index in [-0.39, 0.29) is 22.1 Å². The first-order valence-corrected chi connectivity index (χ1v) is 8.08. The number of nitriles is 1. The van der Waals surface area contributed by atoms with Crippen LogP contribution < -0.4 is 4.72 Å². The molecular formula is C14H17FN2O3S. The maximum Gasteiger partial charge on any atom is 0.240 e. The zero-order valence-corrected chi connectivity index (χ0v) is 12.7. The smallest absolute Gasteiger partial charge is 0.240 e. The van der Waals surface area contributed by atoms with Gasteiger partial charge in [0.25, 0.3) is 0 Å². The molecule has 0 aliphatic carbocycles. The lowest BCUT2D eigenvalue weighted by Crippen LogP contribution is -2.45. The summed E-state index contributed by atoms with van der Waals surface area (Å²) in [6.07, 6.45) is 1.13. The molecular weight excluding hydrogens is 295 g/mol. The quantitative estimate of drug-likeness (QED) is 0.925. The first-order valence-electron chi connectivity index (χ1n) is 6.59. The molecule has 0 radical (unpaired) electrons. The lowest BCUT2D eigenvalue weighted by atomic mass is 9.95. The minimum atomic E-state index is -3.78. The number of ether oxygens (including phenoxy) is 1. The van der Waals surface area contributed by atoms with Gasteiger partial charge < -0.3 is 4.74 Å². The van der Waals surface area contributed by atoms with Gasteiger partial charge in [0, 0.05) is 12.6 Å². The SMILES string of the molecule is CC1(C)CC(NS(=O)(=O)c2ccc(F)c(C#N)c2)CCO1. The lowest BCUT2D eigenvalue weighted by Gasteiger charge is -2.35. The molecule has 1 atom stereocenters. The molecule has 114 valence electrons. The van der Waals surface area contributed by atoms with Gasteiger partial charge in [-0.1, -0.05) is 0 Å². The van der Waals surface area contributed by atoms with Gasteiger partial charge in [0.2, 0.25) is 10.0 Å². The van der Waals surface area contributed by atoms with E-state index in [2.05, 4.69) is 4.72 Å². The van der Waals surface area contributed by atoms with Crippen molar-refractivity contribution in [3.8, 4) is 6.07 Å². The number of hydrogen-bond acceptors (Lipinski definition) is 4. The fourth-order valence-electron chi connectivity index (χ4n) is 2.38. The molecule has 1 aliphatic rings. The van der Waals surface area contributed by atoms with Gasteiger partial charge in [-0.3, -0.25) is 0 Å². The fraction of sp³-hybridized carbons (Fsp3) is 0.500. The number of benzene rings is 1. The summed E-state index contributed by atoms with van der Waals surface area (Å²) in [5, 5.41) is 8.78. The van der Waals surface area contributed by atoms with Crippen molar-refractivity contribution in [1.29, 1.82) is 5.26 Å². The second kappa shape index (κ2) is 5.72. The van der Waals surface area contributed by atoms with Crippen LogP contribution in [0.25, 0.3) is 0 Å². The molecule has 1 saturated heterocycles. The summed E-state index contributed by atoms with van der Waals surface area (Å²) < 4.78 is 46.0. The van der Waals surface area contributed by atoms with E-state index in [1.54, 1.807) is 6.07 Å². The van der Waals surface area contributed by atoms with Crippen LogP contribution in [0.1, 0.15) is 32.3 Å². The van der Waals surface area contributed by atoms with Crippen LogP contribution in [0.4, 0.5) is 4.39 Å². The van der Waals surface area contributed by atoms with E-state index < -0.39 is 15.8 Å². The molecule has 1 fully saturated rings. The van der Waals surface area contributed by atoms with Gasteiger partial charge in [-0.05, 0) is 44.9 Å². The van der Waals surface area contributed by atoms with E-state index in [1.807, 2.05) is 13.8 Å². The molecule has 1 unspecified atom stereocenters. The molecule has 0 spiro atoms. The molecule has 1 aromatic carbocycles. The highest BCUT2D eigenvalue weighted by molar-refractivity contribution is 7.89. The first kappa shape index (κ1) is 15.9. The van der Waals surface area contributed by atoms with Crippen molar-refractivity contribution in [2.75, 3.05) is 6.61 Å². The Hall–Kier alpha value is -1.49. The molecule has 1 heterocycles. The van der Waals surface area contributed by atoms with E-state index in [1.165, 1.54) is 0 Å². The van der Waals surface area contributed by atoms with Crippen molar-refractivity contribution in [3.63, 3.8) is 0 Å². The molecule has 1 aromatic rings. The molecule has 5 nitrogen and oxygen atoms in total. The third-order valence-corrected chi connectivity index (χ3v) is 4.91. The maximum atomic E-state index is 13.3. The highest BCUT2D eigenvalue weighted by Crippen LogP contribution is 2.25. The normalized spacial score (nSPS) is 21.7. The largest absolute Gasteiger partial charge is 0.375 e. The van der Waals surface area contributed by atoms with E-state index in [9.17, 15) is 12.8 Å². The number of hydrogen-bond donors (Lipinski definition) is 1. The monoisotopic (exact) mass is 312 g/mol. The third-order valence-electron chi connectivity index (χ3n) is 3.39. The Morgan fingerprint density at radius 2 is 2.19 bits per heavy atom. The van der Waals surface area contributed by atoms with Crippen molar-refractivity contribution in [3.05, 3.63) is 29.6 Å². The van der Waals surface area contributed by atoms with Crippen LogP contribution in [0.2, 0.25) is 0 Å². The first-order chi connectivity index (χ1) is 9.73. The van der Waals surface area contributed by atoms with Crippen molar-refractivity contribution < 1.29 is 17.5 Å². The fourth-order valence-corrected chi connectivity index (χ4v) is 3.67. The third kappa shape index (κ3) is 3.79. The Kier molecular flexibility index (Phi) is 4.33. The summed E-state index contributed by atoms with van der Waals surface area (Å²) >= 11 is 0. The minimum absolute atomic E-state index is 0.107. The van der Waals surface area contributed by atoms with Gasteiger partial charge in [0.15, 0.2) is 0 Å². The summed E-state index contributed by atoms with van der Waals surface area (Å²) in [5.41, 5.74) is -0.670. The van der Waals surface area contributed by atoms with E-state index >= 15 is 0 Å². The molecule has 7 heteroatoms. The molecule has 2 rings (SSSR count). The Morgan fingerprint density at radius 3 is 2.81 bits per heavy atom. The van der Waals surface area contributed by atoms with Crippen LogP contribution >= 0.6 is 0 Å². The summed E-state index contributed by atoms with van der Waals surface area (Å²) in [7, 11) is -3.78. The molecule has 0 aromatic heterocycles. The lowest BCUT2D eigenvalue weighted by molar-refractivity contribution is -0.0599. The number of halogens is 1. The average Bonchev–Trinajstić information content (AvgIpc) is 2.37. The second-order valence-electron chi connectivity index (χ2n) is 5.67. The van der Waals surface area contributed by atoms with Crippen LogP contribution in [0.3, 0.4) is 0 Å². The topological polar surface area (TPSA) is 79.2 Å². The van der Waals surface area contributed by atoms with Crippen LogP contribution in [0.5, 0.6) is 0 Å². The molecule has 0 bridgehead atoms. The van der Waals surface area contributed by atoms with Gasteiger partial charge in [0.05, 0.1) is 16.1 Å². The Bertz CT molecular complexity index is 680. The molecule has 0 amide bonds. The number of nitrogens with one attached hydrogen (secondary N) is 1. The Morgan fingerprint density at radius 1 is 1.48 bits per heavy atom. The van der Waals surface area contributed by atoms with E-state index in [0.717, 1.165) is 18.2 Å². The second-order valence-corrected chi connectivity index (χ2v) is 7.39. The maximum absolute atomic E-state index is 13.3. The molecule has 1 aliphatic heterocycles. The van der Waals surface area contributed by atoms with Gasteiger partial charge in [0.1, 0.15) is 11.9 Å². The minimum Gasteiger partial charge on any atom is -0.375 e. The Labute approximate surface area is 123 Å². The predicted octanol–water partition coefficient (Wildman–Crippen LogP) is 1.93. The summed E-state index contributed by atoms with van der Waals surface area (Å²) in [4.78, 5) is -0.107. The number of rotatable bonds is 3. The van der Waals surface area contributed by atoms with Crippen LogP contribution in [-0.2, 0) is 14.8 Å². The van der Waals surface area contributed by atoms with Gasteiger partial charge in [-0.25, -0.2) is 17.5 Å². The zero-order chi connectivity index (χ0) is 15.7. The van der Waals surface area contributed by atoms with Gasteiger partial charge in [-0.15, -0.1) is 0 Å². The van der Waals surface area contributed by atoms with Crippen molar-refractivity contribution >= 4 is 10.0 Å². The predicted molar refractivity (Wildman–Crippen MR) is 74.5 cm³/mol. The van der Waals surface area contributed by atoms with E-state index in [0.29, 0.717) is 19.4 Å². The standard InChI is InChI=1S/C14H17FN2O3S/c1-14(2)8-11(5-6-20-14)17-21(18,19)12-3-4-13(15)10(7-12)9-16/h3-4,7,11,17H,5-6,8H2,1-2H3. The van der Waals surface area contributed by atoms with Gasteiger partial charge >= 0.3 is 0 Å². The summed E-state index contributed by atoms with van der Waals surface area (Å²) in [6.45, 7) is 4.28. The van der Waals surface area contributed by atoms with Crippen LogP contribution in [-0.4, -0.2) is 26.7 Å². The highest BCUT2D eigenvalue weighted by atomic mass is 32.2. The van der Waals surface area contributed by atoms with Crippen molar-refractivity contribution in [1.82, 2.24) is 4.72 Å². The van der Waals surface area contributed by atoms with Crippen LogP contribution in [0, 0.1) is 17.1 Å². The van der Waals surface area contributed by atoms with Crippen molar-refractivity contribution in [2.24, 2.45) is 0 Å². The van der Waals surface area contributed by atoms with E-state index in [4.69, 9.17) is 10.00 Å².